The van der Waals surface area contributed by atoms with E-state index in [2.05, 4.69) is 17.2 Å². The summed E-state index contributed by atoms with van der Waals surface area (Å²) in [5, 5.41) is 3.07. The molecule has 0 bridgehead atoms. The number of nitrogens with one attached hydrogen (secondary N) is 1. The number of hydrogen-bond donors (Lipinski definition) is 1. The fraction of sp³-hybridized carbons (Fsp3) is 0.625. The van der Waals surface area contributed by atoms with Crippen LogP contribution in [0, 0.1) is 17.6 Å². The lowest BCUT2D eigenvalue weighted by Crippen LogP contribution is -2.69. The van der Waals surface area contributed by atoms with Crippen LogP contribution < -0.4 is 5.32 Å². The van der Waals surface area contributed by atoms with Crippen molar-refractivity contribution in [2.75, 3.05) is 26.9 Å². The van der Waals surface area contributed by atoms with Crippen molar-refractivity contribution < 1.29 is 32.6 Å². The number of aliphatic imine (C=N–C) groups is 1. The first kappa shape index (κ1) is 26.0. The molecule has 3 rings (SSSR count). The van der Waals surface area contributed by atoms with Crippen LogP contribution in [0.5, 0.6) is 0 Å². The first-order valence-corrected chi connectivity index (χ1v) is 11.5. The lowest BCUT2D eigenvalue weighted by molar-refractivity contribution is -0.153. The summed E-state index contributed by atoms with van der Waals surface area (Å²) in [5.74, 6) is -2.79. The SMILES string of the molecule is CCCCOC[C@H]1C[C@H]2C(=O)N(C)/C(=N/C(=O)OC(C)(C)C)N[C@@]2(c2ccc(F)cc2F)CO1. The van der Waals surface area contributed by atoms with Gasteiger partial charge in [0.2, 0.25) is 11.9 Å². The summed E-state index contributed by atoms with van der Waals surface area (Å²) in [6.07, 6.45) is 0.880. The number of ether oxygens (including phenoxy) is 3. The van der Waals surface area contributed by atoms with Gasteiger partial charge in [0.1, 0.15) is 22.8 Å². The number of hydrogen-bond acceptors (Lipinski definition) is 5. The molecular weight excluding hydrogens is 448 g/mol. The van der Waals surface area contributed by atoms with Crippen molar-refractivity contribution in [1.29, 1.82) is 0 Å². The molecule has 1 N–H and O–H groups in total. The number of carbonyl (C=O) groups is 2. The largest absolute Gasteiger partial charge is 0.442 e. The molecule has 188 valence electrons. The Morgan fingerprint density at radius 3 is 2.74 bits per heavy atom. The molecule has 34 heavy (non-hydrogen) atoms. The number of amides is 2. The molecule has 10 heteroatoms. The quantitative estimate of drug-likeness (QED) is 0.623. The van der Waals surface area contributed by atoms with Gasteiger partial charge in [-0.1, -0.05) is 19.4 Å². The summed E-state index contributed by atoms with van der Waals surface area (Å²) in [6, 6.07) is 3.17. The second kappa shape index (κ2) is 10.4. The Labute approximate surface area is 198 Å². The molecule has 2 aliphatic rings. The van der Waals surface area contributed by atoms with Gasteiger partial charge in [-0.05, 0) is 39.7 Å². The molecule has 3 atom stereocenters. The molecule has 0 radical (unpaired) electrons. The summed E-state index contributed by atoms with van der Waals surface area (Å²) in [6.45, 7) is 7.91. The maximum Gasteiger partial charge on any atom is 0.437 e. The Kier molecular flexibility index (Phi) is 7.92. The van der Waals surface area contributed by atoms with E-state index >= 15 is 4.39 Å². The summed E-state index contributed by atoms with van der Waals surface area (Å²) >= 11 is 0. The highest BCUT2D eigenvalue weighted by molar-refractivity contribution is 6.04. The number of halogens is 2. The van der Waals surface area contributed by atoms with Gasteiger partial charge in [-0.2, -0.15) is 0 Å². The van der Waals surface area contributed by atoms with Crippen molar-refractivity contribution in [2.24, 2.45) is 10.9 Å². The van der Waals surface area contributed by atoms with Crippen LogP contribution in [0.4, 0.5) is 13.6 Å². The van der Waals surface area contributed by atoms with E-state index in [1.54, 1.807) is 20.8 Å². The fourth-order valence-electron chi connectivity index (χ4n) is 4.17. The van der Waals surface area contributed by atoms with E-state index in [-0.39, 0.29) is 36.6 Å². The zero-order valence-corrected chi connectivity index (χ0v) is 20.3. The average molecular weight is 482 g/mol. The first-order valence-electron chi connectivity index (χ1n) is 11.5. The Bertz CT molecular complexity index is 949. The van der Waals surface area contributed by atoms with Crippen LogP contribution in [-0.2, 0) is 24.5 Å². The van der Waals surface area contributed by atoms with E-state index < -0.39 is 34.8 Å². The zero-order valence-electron chi connectivity index (χ0n) is 20.3. The van der Waals surface area contributed by atoms with Crippen molar-refractivity contribution in [2.45, 2.75) is 64.2 Å². The fourth-order valence-corrected chi connectivity index (χ4v) is 4.17. The van der Waals surface area contributed by atoms with Crippen LogP contribution in [-0.4, -0.2) is 61.4 Å². The third-order valence-corrected chi connectivity index (χ3v) is 5.87. The summed E-state index contributed by atoms with van der Waals surface area (Å²) < 4.78 is 45.6. The lowest BCUT2D eigenvalue weighted by Gasteiger charge is -2.51. The second-order valence-corrected chi connectivity index (χ2v) is 9.68. The van der Waals surface area contributed by atoms with Crippen molar-refractivity contribution in [3.8, 4) is 0 Å². The van der Waals surface area contributed by atoms with Crippen molar-refractivity contribution in [3.05, 3.63) is 35.4 Å². The van der Waals surface area contributed by atoms with Crippen molar-refractivity contribution >= 4 is 18.0 Å². The molecule has 1 aromatic rings. The van der Waals surface area contributed by atoms with Crippen molar-refractivity contribution in [3.63, 3.8) is 0 Å². The average Bonchev–Trinajstić information content (AvgIpc) is 2.74. The number of benzene rings is 1. The number of fused-ring (bicyclic) bond motifs is 1. The molecule has 8 nitrogen and oxygen atoms in total. The highest BCUT2D eigenvalue weighted by Crippen LogP contribution is 2.42. The minimum Gasteiger partial charge on any atom is -0.442 e. The molecule has 0 aliphatic carbocycles. The van der Waals surface area contributed by atoms with Gasteiger partial charge in [-0.25, -0.2) is 13.6 Å². The van der Waals surface area contributed by atoms with Gasteiger partial charge in [0.25, 0.3) is 0 Å². The van der Waals surface area contributed by atoms with E-state index in [9.17, 15) is 14.0 Å². The van der Waals surface area contributed by atoms with Crippen LogP contribution in [0.15, 0.2) is 23.2 Å². The predicted octanol–water partition coefficient (Wildman–Crippen LogP) is 3.73. The number of carbonyl (C=O) groups excluding carboxylic acids is 2. The molecule has 2 heterocycles. The zero-order chi connectivity index (χ0) is 25.1. The van der Waals surface area contributed by atoms with Gasteiger partial charge in [0.05, 0.1) is 25.2 Å². The maximum absolute atomic E-state index is 15.0. The summed E-state index contributed by atoms with van der Waals surface area (Å²) in [4.78, 5) is 31.0. The van der Waals surface area contributed by atoms with Gasteiger partial charge >= 0.3 is 6.09 Å². The molecule has 2 saturated heterocycles. The minimum absolute atomic E-state index is 0.0580. The number of unbranched alkanes of at least 4 members (excludes halogenated alkanes) is 1. The molecule has 2 aliphatic heterocycles. The lowest BCUT2D eigenvalue weighted by atomic mass is 9.72. The number of guanidine groups is 1. The predicted molar refractivity (Wildman–Crippen MR) is 121 cm³/mol. The van der Waals surface area contributed by atoms with E-state index in [0.29, 0.717) is 13.2 Å². The minimum atomic E-state index is -1.39. The van der Waals surface area contributed by atoms with Crippen LogP contribution in [0.1, 0.15) is 52.5 Å². The van der Waals surface area contributed by atoms with E-state index in [1.165, 1.54) is 18.0 Å². The van der Waals surface area contributed by atoms with Crippen LogP contribution in [0.25, 0.3) is 0 Å². The van der Waals surface area contributed by atoms with Gasteiger partial charge in [-0.3, -0.25) is 9.69 Å². The second-order valence-electron chi connectivity index (χ2n) is 9.68. The molecule has 0 unspecified atom stereocenters. The molecule has 0 spiro atoms. The van der Waals surface area contributed by atoms with E-state index in [4.69, 9.17) is 14.2 Å². The van der Waals surface area contributed by atoms with Crippen LogP contribution in [0.3, 0.4) is 0 Å². The summed E-state index contributed by atoms with van der Waals surface area (Å²) in [7, 11) is 1.48. The van der Waals surface area contributed by atoms with Gasteiger partial charge in [0.15, 0.2) is 0 Å². The molecule has 2 amide bonds. The molecule has 2 fully saturated rings. The van der Waals surface area contributed by atoms with Gasteiger partial charge < -0.3 is 19.5 Å². The smallest absolute Gasteiger partial charge is 0.437 e. The summed E-state index contributed by atoms with van der Waals surface area (Å²) in [5.41, 5.74) is -2.12. The Morgan fingerprint density at radius 1 is 1.35 bits per heavy atom. The normalized spacial score (nSPS) is 26.3. The van der Waals surface area contributed by atoms with Crippen molar-refractivity contribution in [1.82, 2.24) is 10.2 Å². The Hall–Kier alpha value is -2.59. The van der Waals surface area contributed by atoms with E-state index in [0.717, 1.165) is 25.0 Å². The first-order chi connectivity index (χ1) is 16.0. The monoisotopic (exact) mass is 481 g/mol. The highest BCUT2D eigenvalue weighted by Gasteiger charge is 2.55. The van der Waals surface area contributed by atoms with Crippen LogP contribution in [0.2, 0.25) is 0 Å². The number of rotatable bonds is 6. The molecule has 0 saturated carbocycles. The maximum atomic E-state index is 15.0. The van der Waals surface area contributed by atoms with E-state index in [1.807, 2.05) is 0 Å². The Morgan fingerprint density at radius 2 is 2.09 bits per heavy atom. The third kappa shape index (κ3) is 5.72. The highest BCUT2D eigenvalue weighted by atomic mass is 19.1. The topological polar surface area (TPSA) is 89.5 Å². The molecule has 0 aromatic heterocycles. The Balaban J connectivity index is 1.96. The third-order valence-electron chi connectivity index (χ3n) is 5.87. The van der Waals surface area contributed by atoms with Gasteiger partial charge in [0, 0.05) is 25.3 Å². The van der Waals surface area contributed by atoms with Gasteiger partial charge in [-0.15, -0.1) is 4.99 Å². The standard InChI is InChI=1S/C24H33F2N3O5/c1-6-7-10-32-13-16-12-18-20(30)29(5)21(27-22(31)34-23(2,3)4)28-24(18,14-33-16)17-9-8-15(25)11-19(17)26/h8-9,11,16,18H,6-7,10,12-14H2,1-5H3,(H,27,28,31)/t16-,18+,24-/m1/s1. The number of nitrogens with zero attached hydrogens (tertiary/aromatic N) is 2. The van der Waals surface area contributed by atoms with Crippen LogP contribution >= 0.6 is 0 Å². The molecular formula is C24H33F2N3O5. The molecule has 1 aromatic carbocycles.